The molecule has 3 aromatic rings. The summed E-state index contributed by atoms with van der Waals surface area (Å²) < 4.78 is 0. The largest absolute Gasteiger partial charge is 0.508 e. The van der Waals surface area contributed by atoms with Crippen molar-refractivity contribution in [2.45, 2.75) is 12.5 Å². The highest BCUT2D eigenvalue weighted by Gasteiger charge is 2.23. The van der Waals surface area contributed by atoms with Crippen molar-refractivity contribution in [3.63, 3.8) is 0 Å². The minimum atomic E-state index is -1.19. The number of aliphatic carboxylic acids is 1. The molecule has 0 fully saturated rings. The van der Waals surface area contributed by atoms with Crippen LogP contribution >= 0.6 is 0 Å². The molecule has 0 unspecified atom stereocenters. The molecular formula is C23H20N2O5. The van der Waals surface area contributed by atoms with Crippen LogP contribution in [0.5, 0.6) is 5.75 Å². The minimum absolute atomic E-state index is 0.0416. The van der Waals surface area contributed by atoms with Crippen molar-refractivity contribution in [3.8, 4) is 5.75 Å². The number of carbonyl (C=O) groups is 3. The van der Waals surface area contributed by atoms with Crippen molar-refractivity contribution in [2.75, 3.05) is 5.32 Å². The van der Waals surface area contributed by atoms with E-state index < -0.39 is 17.9 Å². The summed E-state index contributed by atoms with van der Waals surface area (Å²) in [5, 5.41) is 24.1. The zero-order valence-electron chi connectivity index (χ0n) is 15.9. The Balaban J connectivity index is 1.76. The predicted molar refractivity (Wildman–Crippen MR) is 112 cm³/mol. The normalized spacial score (nSPS) is 11.3. The van der Waals surface area contributed by atoms with Gasteiger partial charge in [0.1, 0.15) is 11.8 Å². The van der Waals surface area contributed by atoms with Gasteiger partial charge in [-0.1, -0.05) is 42.5 Å². The van der Waals surface area contributed by atoms with E-state index in [0.29, 0.717) is 11.1 Å². The van der Waals surface area contributed by atoms with Crippen LogP contribution in [0.3, 0.4) is 0 Å². The molecule has 30 heavy (non-hydrogen) atoms. The van der Waals surface area contributed by atoms with Crippen LogP contribution in [0.2, 0.25) is 0 Å². The summed E-state index contributed by atoms with van der Waals surface area (Å²) in [6, 6.07) is 19.8. The van der Waals surface area contributed by atoms with Crippen LogP contribution in [0, 0.1) is 0 Å². The van der Waals surface area contributed by atoms with Crippen LogP contribution in [0.4, 0.5) is 5.69 Å². The molecule has 0 spiro atoms. The van der Waals surface area contributed by atoms with Gasteiger partial charge in [0.2, 0.25) is 0 Å². The number of aromatic hydroxyl groups is 1. The van der Waals surface area contributed by atoms with Crippen LogP contribution < -0.4 is 10.6 Å². The summed E-state index contributed by atoms with van der Waals surface area (Å²) in [4.78, 5) is 36.9. The van der Waals surface area contributed by atoms with Gasteiger partial charge in [-0.15, -0.1) is 0 Å². The van der Waals surface area contributed by atoms with Gasteiger partial charge in [0.25, 0.3) is 11.8 Å². The lowest BCUT2D eigenvalue weighted by atomic mass is 10.0. The van der Waals surface area contributed by atoms with Gasteiger partial charge in [0, 0.05) is 12.0 Å². The van der Waals surface area contributed by atoms with Crippen LogP contribution in [0.15, 0.2) is 78.9 Å². The second kappa shape index (κ2) is 9.38. The first kappa shape index (κ1) is 20.6. The van der Waals surface area contributed by atoms with Gasteiger partial charge < -0.3 is 20.8 Å². The minimum Gasteiger partial charge on any atom is -0.508 e. The summed E-state index contributed by atoms with van der Waals surface area (Å²) >= 11 is 0. The van der Waals surface area contributed by atoms with E-state index in [4.69, 9.17) is 0 Å². The van der Waals surface area contributed by atoms with Gasteiger partial charge >= 0.3 is 5.97 Å². The van der Waals surface area contributed by atoms with E-state index in [-0.39, 0.29) is 29.3 Å². The summed E-state index contributed by atoms with van der Waals surface area (Å²) in [6.45, 7) is 0. The molecule has 0 radical (unpaired) electrons. The molecule has 1 atom stereocenters. The number of amides is 2. The number of hydrogen-bond donors (Lipinski definition) is 4. The zero-order valence-corrected chi connectivity index (χ0v) is 15.9. The topological polar surface area (TPSA) is 116 Å². The maximum atomic E-state index is 12.8. The standard InChI is InChI=1S/C23H20N2O5/c26-17-12-10-15(11-13-17)14-20(23(29)30)25-22(28)18-8-4-5-9-19(18)24-21(27)16-6-2-1-3-7-16/h1-13,20,26H,14H2,(H,24,27)(H,25,28)(H,29,30)/t20-/m1/s1. The van der Waals surface area contributed by atoms with E-state index in [0.717, 1.165) is 0 Å². The first-order chi connectivity index (χ1) is 14.4. The molecular weight excluding hydrogens is 384 g/mol. The molecule has 3 rings (SSSR count). The number of para-hydroxylation sites is 1. The molecule has 0 saturated carbocycles. The lowest BCUT2D eigenvalue weighted by molar-refractivity contribution is -0.139. The van der Waals surface area contributed by atoms with E-state index >= 15 is 0 Å². The third-order valence-corrected chi connectivity index (χ3v) is 4.44. The first-order valence-electron chi connectivity index (χ1n) is 9.21. The molecule has 7 nitrogen and oxygen atoms in total. The van der Waals surface area contributed by atoms with Gasteiger partial charge in [-0.25, -0.2) is 4.79 Å². The van der Waals surface area contributed by atoms with Crippen molar-refractivity contribution in [1.29, 1.82) is 0 Å². The molecule has 0 saturated heterocycles. The highest BCUT2D eigenvalue weighted by atomic mass is 16.4. The van der Waals surface area contributed by atoms with Gasteiger partial charge in [0.05, 0.1) is 11.3 Å². The molecule has 3 aromatic carbocycles. The SMILES string of the molecule is O=C(Nc1ccccc1C(=O)N[C@H](Cc1ccc(O)cc1)C(=O)O)c1ccccc1. The van der Waals surface area contributed by atoms with E-state index in [1.807, 2.05) is 0 Å². The summed E-state index contributed by atoms with van der Waals surface area (Å²) in [7, 11) is 0. The van der Waals surface area contributed by atoms with Crippen LogP contribution in [-0.2, 0) is 11.2 Å². The number of rotatable bonds is 7. The predicted octanol–water partition coefficient (Wildman–Crippen LogP) is 3.07. The van der Waals surface area contributed by atoms with Crippen LogP contribution in [0.1, 0.15) is 26.3 Å². The molecule has 0 aliphatic heterocycles. The monoisotopic (exact) mass is 404 g/mol. The van der Waals surface area contributed by atoms with E-state index in [1.54, 1.807) is 60.7 Å². The highest BCUT2D eigenvalue weighted by molar-refractivity contribution is 6.09. The zero-order chi connectivity index (χ0) is 21.5. The van der Waals surface area contributed by atoms with Crippen molar-refractivity contribution in [3.05, 3.63) is 95.6 Å². The fourth-order valence-electron chi connectivity index (χ4n) is 2.88. The number of carboxylic acids is 1. The van der Waals surface area contributed by atoms with Crippen molar-refractivity contribution >= 4 is 23.5 Å². The van der Waals surface area contributed by atoms with E-state index in [1.165, 1.54) is 18.2 Å². The van der Waals surface area contributed by atoms with Crippen LogP contribution in [0.25, 0.3) is 0 Å². The Kier molecular flexibility index (Phi) is 6.44. The number of carboxylic acid groups (broad SMARTS) is 1. The number of hydrogen-bond acceptors (Lipinski definition) is 4. The van der Waals surface area contributed by atoms with E-state index in [2.05, 4.69) is 10.6 Å². The summed E-state index contributed by atoms with van der Waals surface area (Å²) in [5.41, 5.74) is 1.51. The smallest absolute Gasteiger partial charge is 0.326 e. The summed E-state index contributed by atoms with van der Waals surface area (Å²) in [6.07, 6.45) is 0.0416. The molecule has 0 aliphatic carbocycles. The van der Waals surface area contributed by atoms with Gasteiger partial charge in [0.15, 0.2) is 0 Å². The Hall–Kier alpha value is -4.13. The fourth-order valence-corrected chi connectivity index (χ4v) is 2.88. The van der Waals surface area contributed by atoms with Crippen molar-refractivity contribution in [1.82, 2.24) is 5.32 Å². The number of benzene rings is 3. The Morgan fingerprint density at radius 1 is 0.800 bits per heavy atom. The fraction of sp³-hybridized carbons (Fsp3) is 0.0870. The highest BCUT2D eigenvalue weighted by Crippen LogP contribution is 2.17. The average Bonchev–Trinajstić information content (AvgIpc) is 2.75. The summed E-state index contributed by atoms with van der Waals surface area (Å²) in [5.74, 6) is -2.13. The molecule has 7 heteroatoms. The number of anilines is 1. The number of nitrogens with one attached hydrogen (secondary N) is 2. The lowest BCUT2D eigenvalue weighted by Crippen LogP contribution is -2.42. The van der Waals surface area contributed by atoms with Gasteiger partial charge in [-0.05, 0) is 42.0 Å². The Morgan fingerprint density at radius 2 is 1.43 bits per heavy atom. The Bertz CT molecular complexity index is 1050. The third-order valence-electron chi connectivity index (χ3n) is 4.44. The van der Waals surface area contributed by atoms with Gasteiger partial charge in [-0.2, -0.15) is 0 Å². The molecule has 2 amide bonds. The number of phenols is 1. The molecule has 0 aliphatic rings. The molecule has 0 aromatic heterocycles. The van der Waals surface area contributed by atoms with E-state index in [9.17, 15) is 24.6 Å². The third kappa shape index (κ3) is 5.23. The Morgan fingerprint density at radius 3 is 2.10 bits per heavy atom. The second-order valence-corrected chi connectivity index (χ2v) is 6.60. The van der Waals surface area contributed by atoms with Crippen LogP contribution in [-0.4, -0.2) is 34.0 Å². The van der Waals surface area contributed by atoms with Crippen molar-refractivity contribution < 1.29 is 24.6 Å². The molecule has 4 N–H and O–H groups in total. The van der Waals surface area contributed by atoms with Crippen molar-refractivity contribution in [2.24, 2.45) is 0 Å². The maximum Gasteiger partial charge on any atom is 0.326 e. The molecule has 0 bridgehead atoms. The number of phenolic OH excluding ortho intramolecular Hbond substituents is 1. The quantitative estimate of drug-likeness (QED) is 0.483. The maximum absolute atomic E-state index is 12.8. The molecule has 0 heterocycles. The molecule has 152 valence electrons. The second-order valence-electron chi connectivity index (χ2n) is 6.60. The van der Waals surface area contributed by atoms with Gasteiger partial charge in [-0.3, -0.25) is 9.59 Å². The lowest BCUT2D eigenvalue weighted by Gasteiger charge is -2.17. The number of carbonyl (C=O) groups excluding carboxylic acids is 2. The Labute approximate surface area is 173 Å². The first-order valence-corrected chi connectivity index (χ1v) is 9.21. The average molecular weight is 404 g/mol.